The van der Waals surface area contributed by atoms with Gasteiger partial charge in [0, 0.05) is 0 Å². The average molecular weight is 193 g/mol. The van der Waals surface area contributed by atoms with Crippen LogP contribution in [-0.2, 0) is 0 Å². The molecule has 0 saturated carbocycles. The Labute approximate surface area is 72.7 Å². The first-order valence-corrected chi connectivity index (χ1v) is 3.52. The van der Waals surface area contributed by atoms with Gasteiger partial charge in [-0.05, 0) is 12.1 Å². The third-order valence-corrected chi connectivity index (χ3v) is 1.79. The molecule has 1 aromatic carbocycles. The summed E-state index contributed by atoms with van der Waals surface area (Å²) in [5, 5.41) is 0.0648. The molecule has 0 fully saturated rings. The number of carbonyl (C=O) groups is 1. The second kappa shape index (κ2) is 3.20. The van der Waals surface area contributed by atoms with Gasteiger partial charge >= 0.3 is 6.04 Å². The first-order valence-electron chi connectivity index (χ1n) is 2.77. The zero-order valence-corrected chi connectivity index (χ0v) is 6.79. The minimum Gasteiger partial charge on any atom is -0.255 e. The van der Waals surface area contributed by atoms with E-state index < -0.39 is 6.04 Å². The number of benzene rings is 1. The van der Waals surface area contributed by atoms with E-state index in [2.05, 4.69) is 0 Å². The van der Waals surface area contributed by atoms with E-state index in [1.54, 1.807) is 0 Å². The molecule has 0 saturated heterocycles. The molecule has 0 aliphatic carbocycles. The minimum absolute atomic E-state index is 0.0324. The van der Waals surface area contributed by atoms with Gasteiger partial charge in [-0.3, -0.25) is 4.79 Å². The van der Waals surface area contributed by atoms with E-state index in [9.17, 15) is 9.18 Å². The zero-order chi connectivity index (χ0) is 8.43. The van der Waals surface area contributed by atoms with Crippen LogP contribution < -0.4 is 0 Å². The van der Waals surface area contributed by atoms with Crippen LogP contribution in [0.1, 0.15) is 10.4 Å². The molecule has 4 heteroatoms. The second-order valence-corrected chi connectivity index (χ2v) is 2.68. The highest BCUT2D eigenvalue weighted by Crippen LogP contribution is 2.24. The van der Waals surface area contributed by atoms with E-state index in [1.807, 2.05) is 0 Å². The lowest BCUT2D eigenvalue weighted by molar-refractivity contribution is 0.0836. The monoisotopic (exact) mass is 192 g/mol. The van der Waals surface area contributed by atoms with E-state index in [4.69, 9.17) is 23.2 Å². The van der Waals surface area contributed by atoms with Crippen LogP contribution in [0.2, 0.25) is 10.0 Å². The van der Waals surface area contributed by atoms with E-state index in [0.29, 0.717) is 0 Å². The predicted molar refractivity (Wildman–Crippen MR) is 41.9 cm³/mol. The molecule has 0 aromatic heterocycles. The Morgan fingerprint density at radius 2 is 1.73 bits per heavy atom. The highest BCUT2D eigenvalue weighted by Gasteiger charge is 2.12. The van der Waals surface area contributed by atoms with Crippen molar-refractivity contribution in [1.82, 2.24) is 0 Å². The maximum absolute atomic E-state index is 12.1. The van der Waals surface area contributed by atoms with Crippen LogP contribution in [0.4, 0.5) is 4.39 Å². The summed E-state index contributed by atoms with van der Waals surface area (Å²) in [7, 11) is 0. The predicted octanol–water partition coefficient (Wildman–Crippen LogP) is 3.10. The van der Waals surface area contributed by atoms with Gasteiger partial charge in [-0.25, -0.2) is 0 Å². The molecule has 0 N–H and O–H groups in total. The molecular weight excluding hydrogens is 190 g/mol. The van der Waals surface area contributed by atoms with Crippen LogP contribution in [0.5, 0.6) is 0 Å². The summed E-state index contributed by atoms with van der Waals surface area (Å²) in [5.41, 5.74) is -0.268. The van der Waals surface area contributed by atoms with Crippen molar-refractivity contribution in [2.24, 2.45) is 0 Å². The summed E-state index contributed by atoms with van der Waals surface area (Å²) in [6.07, 6.45) is 0. The summed E-state index contributed by atoms with van der Waals surface area (Å²) in [4.78, 5) is 10.3. The Bertz CT molecular complexity index is 278. The van der Waals surface area contributed by atoms with Crippen molar-refractivity contribution in [3.63, 3.8) is 0 Å². The van der Waals surface area contributed by atoms with Gasteiger partial charge in [0.15, 0.2) is 0 Å². The van der Waals surface area contributed by atoms with Crippen molar-refractivity contribution in [3.05, 3.63) is 33.8 Å². The molecule has 0 bridgehead atoms. The Morgan fingerprint density at radius 1 is 1.27 bits per heavy atom. The van der Waals surface area contributed by atoms with Crippen LogP contribution in [0.25, 0.3) is 0 Å². The molecule has 1 aromatic rings. The van der Waals surface area contributed by atoms with E-state index in [1.165, 1.54) is 18.2 Å². The third kappa shape index (κ3) is 1.70. The maximum Gasteiger partial charge on any atom is 0.335 e. The lowest BCUT2D eigenvalue weighted by Crippen LogP contribution is -1.92. The first-order chi connectivity index (χ1) is 5.13. The topological polar surface area (TPSA) is 17.1 Å². The fourth-order valence-corrected chi connectivity index (χ4v) is 1.23. The molecule has 11 heavy (non-hydrogen) atoms. The van der Waals surface area contributed by atoms with Crippen molar-refractivity contribution >= 4 is 29.2 Å². The van der Waals surface area contributed by atoms with Crippen LogP contribution >= 0.6 is 23.2 Å². The summed E-state index contributed by atoms with van der Waals surface area (Å²) in [6.45, 7) is 0. The van der Waals surface area contributed by atoms with Gasteiger partial charge < -0.3 is 0 Å². The van der Waals surface area contributed by atoms with Gasteiger partial charge in [0.05, 0.1) is 15.6 Å². The van der Waals surface area contributed by atoms with Crippen LogP contribution in [-0.4, -0.2) is 6.04 Å². The first kappa shape index (κ1) is 8.50. The van der Waals surface area contributed by atoms with Gasteiger partial charge in [0.2, 0.25) is 0 Å². The van der Waals surface area contributed by atoms with Crippen molar-refractivity contribution in [1.29, 1.82) is 0 Å². The minimum atomic E-state index is -1.61. The molecule has 0 unspecified atom stereocenters. The number of rotatable bonds is 1. The van der Waals surface area contributed by atoms with Gasteiger partial charge in [-0.2, -0.15) is 4.39 Å². The molecule has 0 spiro atoms. The van der Waals surface area contributed by atoms with Crippen molar-refractivity contribution in [2.75, 3.05) is 0 Å². The molecule has 0 radical (unpaired) electrons. The van der Waals surface area contributed by atoms with Crippen LogP contribution in [0.3, 0.4) is 0 Å². The largest absolute Gasteiger partial charge is 0.335 e. The maximum atomic E-state index is 12.1. The van der Waals surface area contributed by atoms with Gasteiger partial charge in [-0.1, -0.05) is 29.3 Å². The summed E-state index contributed by atoms with van der Waals surface area (Å²) >= 11 is 11.0. The number of hydrogen-bond acceptors (Lipinski definition) is 1. The normalized spacial score (nSPS) is 9.73. The molecule has 0 aliphatic rings. The fourth-order valence-electron chi connectivity index (χ4n) is 0.686. The molecule has 0 atom stereocenters. The molecular formula is C7H3Cl2FO. The Morgan fingerprint density at radius 3 is 2.00 bits per heavy atom. The Hall–Kier alpha value is -0.600. The average Bonchev–Trinajstić information content (AvgIpc) is 1.85. The number of halogens is 3. The second-order valence-electron chi connectivity index (χ2n) is 1.87. The van der Waals surface area contributed by atoms with E-state index >= 15 is 0 Å². The van der Waals surface area contributed by atoms with Gasteiger partial charge in [0.25, 0.3) is 0 Å². The fraction of sp³-hybridized carbons (Fsp3) is 0. The quantitative estimate of drug-likeness (QED) is 0.626. The highest BCUT2D eigenvalue weighted by atomic mass is 35.5. The molecule has 0 heterocycles. The van der Waals surface area contributed by atoms with Gasteiger partial charge in [0.1, 0.15) is 0 Å². The number of carbonyl (C=O) groups excluding carboxylic acids is 1. The summed E-state index contributed by atoms with van der Waals surface area (Å²) < 4.78 is 12.1. The molecule has 1 nitrogen and oxygen atoms in total. The third-order valence-electron chi connectivity index (χ3n) is 1.16. The molecule has 0 aliphatic heterocycles. The number of hydrogen-bond donors (Lipinski definition) is 0. The molecule has 58 valence electrons. The van der Waals surface area contributed by atoms with E-state index in [0.717, 1.165) is 0 Å². The Kier molecular flexibility index (Phi) is 2.47. The smallest absolute Gasteiger partial charge is 0.255 e. The molecule has 1 rings (SSSR count). The van der Waals surface area contributed by atoms with Crippen LogP contribution in [0.15, 0.2) is 18.2 Å². The summed E-state index contributed by atoms with van der Waals surface area (Å²) in [6, 6.07) is 2.73. The summed E-state index contributed by atoms with van der Waals surface area (Å²) in [5.74, 6) is 0. The SMILES string of the molecule is O=C(F)c1c(Cl)cccc1Cl. The lowest BCUT2D eigenvalue weighted by atomic mass is 10.2. The lowest BCUT2D eigenvalue weighted by Gasteiger charge is -1.97. The van der Waals surface area contributed by atoms with Gasteiger partial charge in [-0.15, -0.1) is 0 Å². The van der Waals surface area contributed by atoms with E-state index in [-0.39, 0.29) is 15.6 Å². The van der Waals surface area contributed by atoms with Crippen molar-refractivity contribution in [3.8, 4) is 0 Å². The molecule has 0 amide bonds. The van der Waals surface area contributed by atoms with Crippen LogP contribution in [0, 0.1) is 0 Å². The van der Waals surface area contributed by atoms with Crippen molar-refractivity contribution < 1.29 is 9.18 Å². The highest BCUT2D eigenvalue weighted by molar-refractivity contribution is 6.39. The zero-order valence-electron chi connectivity index (χ0n) is 5.27. The van der Waals surface area contributed by atoms with Crippen molar-refractivity contribution in [2.45, 2.75) is 0 Å². The standard InChI is InChI=1S/C7H3Cl2FO/c8-4-2-1-3-5(9)6(4)7(10)11/h1-3H. The Balaban J connectivity index is 3.32.